The molecule has 0 saturated carbocycles. The molecule has 8 heteroatoms. The molecular formula is C21H24N2O5S. The number of thiophene rings is 1. The van der Waals surface area contributed by atoms with Crippen molar-refractivity contribution in [1.29, 1.82) is 0 Å². The number of benzene rings is 1. The van der Waals surface area contributed by atoms with E-state index < -0.39 is 12.1 Å². The molecule has 0 fully saturated rings. The van der Waals surface area contributed by atoms with Crippen LogP contribution in [-0.4, -0.2) is 49.1 Å². The van der Waals surface area contributed by atoms with Crippen LogP contribution in [0.3, 0.4) is 0 Å². The third kappa shape index (κ3) is 7.15. The lowest BCUT2D eigenvalue weighted by molar-refractivity contribution is -0.159. The van der Waals surface area contributed by atoms with Crippen molar-refractivity contribution in [2.75, 3.05) is 20.6 Å². The van der Waals surface area contributed by atoms with Gasteiger partial charge in [-0.25, -0.2) is 0 Å². The molecule has 0 unspecified atom stereocenters. The highest BCUT2D eigenvalue weighted by atomic mass is 32.1. The lowest BCUT2D eigenvalue weighted by atomic mass is 10.1. The first-order chi connectivity index (χ1) is 13.9. The van der Waals surface area contributed by atoms with Crippen molar-refractivity contribution in [1.82, 2.24) is 10.2 Å². The Labute approximate surface area is 173 Å². The number of esters is 1. The Morgan fingerprint density at radius 2 is 1.72 bits per heavy atom. The van der Waals surface area contributed by atoms with E-state index in [0.717, 1.165) is 0 Å². The van der Waals surface area contributed by atoms with E-state index in [2.05, 4.69) is 5.32 Å². The molecule has 0 aliphatic heterocycles. The highest BCUT2D eigenvalue weighted by Gasteiger charge is 2.26. The molecule has 0 saturated heterocycles. The van der Waals surface area contributed by atoms with Gasteiger partial charge in [-0.2, -0.15) is 0 Å². The lowest BCUT2D eigenvalue weighted by Gasteiger charge is -2.21. The van der Waals surface area contributed by atoms with Crippen LogP contribution in [0.15, 0.2) is 47.8 Å². The van der Waals surface area contributed by atoms with Gasteiger partial charge in [0.1, 0.15) is 0 Å². The Morgan fingerprint density at radius 1 is 1.00 bits per heavy atom. The molecule has 0 bridgehead atoms. The fraction of sp³-hybridized carbons (Fsp3) is 0.333. The molecule has 154 valence electrons. The van der Waals surface area contributed by atoms with Crippen LogP contribution in [0.5, 0.6) is 0 Å². The van der Waals surface area contributed by atoms with E-state index in [1.165, 1.54) is 16.2 Å². The van der Waals surface area contributed by atoms with Gasteiger partial charge in [-0.05, 0) is 11.4 Å². The maximum Gasteiger partial charge on any atom is 0.308 e. The Morgan fingerprint density at radius 3 is 2.34 bits per heavy atom. The molecular weight excluding hydrogens is 392 g/mol. The number of rotatable bonds is 10. The SMILES string of the molecule is CN(C)C(=O)[C@@H](OC(=O)CCNC(=O)CCC(=O)c1cccs1)c1ccccc1. The van der Waals surface area contributed by atoms with Crippen LogP contribution in [0.2, 0.25) is 0 Å². The predicted molar refractivity (Wildman–Crippen MR) is 109 cm³/mol. The minimum Gasteiger partial charge on any atom is -0.447 e. The quantitative estimate of drug-likeness (QED) is 0.475. The van der Waals surface area contributed by atoms with E-state index in [1.54, 1.807) is 56.6 Å². The molecule has 0 radical (unpaired) electrons. The fourth-order valence-electron chi connectivity index (χ4n) is 2.49. The third-order valence-corrected chi connectivity index (χ3v) is 4.95. The summed E-state index contributed by atoms with van der Waals surface area (Å²) in [6.45, 7) is 0.0719. The zero-order chi connectivity index (χ0) is 21.2. The fourth-order valence-corrected chi connectivity index (χ4v) is 3.19. The van der Waals surface area contributed by atoms with Crippen LogP contribution in [-0.2, 0) is 19.1 Å². The van der Waals surface area contributed by atoms with Gasteiger partial charge < -0.3 is 15.0 Å². The summed E-state index contributed by atoms with van der Waals surface area (Å²) < 4.78 is 5.35. The Kier molecular flexibility index (Phi) is 8.54. The summed E-state index contributed by atoms with van der Waals surface area (Å²) in [5.41, 5.74) is 0.579. The number of nitrogens with one attached hydrogen (secondary N) is 1. The summed E-state index contributed by atoms with van der Waals surface area (Å²) in [6, 6.07) is 12.3. The molecule has 1 N–H and O–H groups in total. The van der Waals surface area contributed by atoms with Crippen LogP contribution in [0.4, 0.5) is 0 Å². The Balaban J connectivity index is 1.77. The summed E-state index contributed by atoms with van der Waals surface area (Å²) in [4.78, 5) is 50.3. The minimum absolute atomic E-state index is 0.0531. The molecule has 2 rings (SSSR count). The van der Waals surface area contributed by atoms with Gasteiger partial charge in [0.2, 0.25) is 12.0 Å². The van der Waals surface area contributed by atoms with Crippen LogP contribution in [0.1, 0.15) is 40.6 Å². The zero-order valence-corrected chi connectivity index (χ0v) is 17.2. The van der Waals surface area contributed by atoms with Crippen LogP contribution >= 0.6 is 11.3 Å². The van der Waals surface area contributed by atoms with Crippen LogP contribution in [0, 0.1) is 0 Å². The van der Waals surface area contributed by atoms with E-state index in [0.29, 0.717) is 10.4 Å². The summed E-state index contributed by atoms with van der Waals surface area (Å²) in [7, 11) is 3.17. The predicted octanol–water partition coefficient (Wildman–Crippen LogP) is 2.59. The normalized spacial score (nSPS) is 11.4. The van der Waals surface area contributed by atoms with Gasteiger partial charge in [-0.3, -0.25) is 19.2 Å². The largest absolute Gasteiger partial charge is 0.447 e. The van der Waals surface area contributed by atoms with Crippen molar-refractivity contribution in [3.8, 4) is 0 Å². The van der Waals surface area contributed by atoms with E-state index in [1.807, 2.05) is 5.38 Å². The van der Waals surface area contributed by atoms with Crippen molar-refractivity contribution in [3.05, 3.63) is 58.3 Å². The average molecular weight is 416 g/mol. The van der Waals surface area contributed by atoms with Crippen molar-refractivity contribution < 1.29 is 23.9 Å². The zero-order valence-electron chi connectivity index (χ0n) is 16.4. The molecule has 1 aromatic carbocycles. The maximum absolute atomic E-state index is 12.4. The van der Waals surface area contributed by atoms with E-state index in [4.69, 9.17) is 4.74 Å². The first kappa shape index (κ1) is 22.3. The van der Waals surface area contributed by atoms with Gasteiger partial charge in [-0.15, -0.1) is 11.3 Å². The summed E-state index contributed by atoms with van der Waals surface area (Å²) >= 11 is 1.34. The average Bonchev–Trinajstić information content (AvgIpc) is 3.25. The Bertz CT molecular complexity index is 834. The molecule has 0 aliphatic carbocycles. The second-order valence-electron chi connectivity index (χ2n) is 6.51. The second-order valence-corrected chi connectivity index (χ2v) is 7.46. The number of carbonyl (C=O) groups excluding carboxylic acids is 4. The van der Waals surface area contributed by atoms with Gasteiger partial charge in [0.25, 0.3) is 5.91 Å². The molecule has 0 spiro atoms. The first-order valence-corrected chi connectivity index (χ1v) is 10.1. The van der Waals surface area contributed by atoms with E-state index >= 15 is 0 Å². The number of hydrogen-bond acceptors (Lipinski definition) is 6. The van der Waals surface area contributed by atoms with Gasteiger partial charge in [-0.1, -0.05) is 36.4 Å². The smallest absolute Gasteiger partial charge is 0.308 e. The van der Waals surface area contributed by atoms with E-state index in [9.17, 15) is 19.2 Å². The number of hydrogen-bond donors (Lipinski definition) is 1. The number of amides is 2. The molecule has 7 nitrogen and oxygen atoms in total. The van der Waals surface area contributed by atoms with Crippen molar-refractivity contribution in [2.45, 2.75) is 25.4 Å². The molecule has 1 aromatic heterocycles. The molecule has 2 aromatic rings. The monoisotopic (exact) mass is 416 g/mol. The lowest BCUT2D eigenvalue weighted by Crippen LogP contribution is -2.32. The molecule has 2 amide bonds. The summed E-state index contributed by atoms with van der Waals surface area (Å²) in [5.74, 6) is -1.33. The molecule has 0 aliphatic rings. The number of nitrogens with zero attached hydrogens (tertiary/aromatic N) is 1. The third-order valence-electron chi connectivity index (χ3n) is 4.04. The van der Waals surface area contributed by atoms with Crippen LogP contribution < -0.4 is 5.32 Å². The molecule has 1 heterocycles. The minimum atomic E-state index is -1.03. The van der Waals surface area contributed by atoms with Gasteiger partial charge in [0.15, 0.2) is 5.78 Å². The van der Waals surface area contributed by atoms with E-state index in [-0.39, 0.29) is 43.4 Å². The van der Waals surface area contributed by atoms with Crippen molar-refractivity contribution in [2.24, 2.45) is 0 Å². The highest BCUT2D eigenvalue weighted by Crippen LogP contribution is 2.20. The van der Waals surface area contributed by atoms with Crippen molar-refractivity contribution >= 4 is 34.9 Å². The number of likely N-dealkylation sites (N-methyl/N-ethyl adjacent to an activating group) is 1. The van der Waals surface area contributed by atoms with Gasteiger partial charge in [0.05, 0.1) is 11.3 Å². The highest BCUT2D eigenvalue weighted by molar-refractivity contribution is 7.12. The summed E-state index contributed by atoms with van der Waals surface area (Å²) in [5, 5.41) is 4.40. The molecule has 29 heavy (non-hydrogen) atoms. The molecule has 1 atom stereocenters. The van der Waals surface area contributed by atoms with Gasteiger partial charge >= 0.3 is 5.97 Å². The second kappa shape index (κ2) is 11.1. The number of ketones is 1. The summed E-state index contributed by atoms with van der Waals surface area (Å²) in [6.07, 6.45) is -0.936. The Hall–Kier alpha value is -3.00. The topological polar surface area (TPSA) is 92.8 Å². The number of ether oxygens (including phenoxy) is 1. The standard InChI is InChI=1S/C21H24N2O5S/c1-23(2)21(27)20(15-7-4-3-5-8-15)28-19(26)12-13-22-18(25)11-10-16(24)17-9-6-14-29-17/h3-9,14,20H,10-13H2,1-2H3,(H,22,25)/t20-/m0/s1. The number of Topliss-reactive ketones (excluding diaryl/α,β-unsaturated/α-hetero) is 1. The number of carbonyl (C=O) groups is 4. The first-order valence-electron chi connectivity index (χ1n) is 9.17. The van der Waals surface area contributed by atoms with Crippen LogP contribution in [0.25, 0.3) is 0 Å². The van der Waals surface area contributed by atoms with Crippen molar-refractivity contribution in [3.63, 3.8) is 0 Å². The van der Waals surface area contributed by atoms with Gasteiger partial charge in [0, 0.05) is 39.0 Å². The maximum atomic E-state index is 12.4.